The van der Waals surface area contributed by atoms with Crippen LogP contribution in [0.4, 0.5) is 5.82 Å². The number of anilines is 1. The molecule has 5 N–H and O–H groups in total. The smallest absolute Gasteiger partial charge is 0.164 e. The molecule has 0 bridgehead atoms. The molecule has 9 heteroatoms. The molecule has 3 aliphatic heterocycles. The van der Waals surface area contributed by atoms with E-state index in [0.717, 1.165) is 26.2 Å². The van der Waals surface area contributed by atoms with E-state index in [9.17, 15) is 10.2 Å². The van der Waals surface area contributed by atoms with Crippen molar-refractivity contribution < 1.29 is 14.9 Å². The van der Waals surface area contributed by atoms with Gasteiger partial charge >= 0.3 is 0 Å². The van der Waals surface area contributed by atoms with E-state index in [2.05, 4.69) is 20.2 Å². The number of ether oxygens (including phenoxy) is 1. The van der Waals surface area contributed by atoms with Gasteiger partial charge in [-0.05, 0) is 44.8 Å². The Hall–Kier alpha value is -1.78. The number of aliphatic hydroxyl groups is 2. The Balaban J connectivity index is 1.28. The topological polar surface area (TPSA) is 122 Å². The zero-order chi connectivity index (χ0) is 19.3. The Morgan fingerprint density at radius 2 is 2.04 bits per heavy atom. The summed E-state index contributed by atoms with van der Waals surface area (Å²) in [7, 11) is 0. The summed E-state index contributed by atoms with van der Waals surface area (Å²) >= 11 is 0. The van der Waals surface area contributed by atoms with Crippen LogP contribution < -0.4 is 11.1 Å². The maximum Gasteiger partial charge on any atom is 0.164 e. The highest BCUT2D eigenvalue weighted by Gasteiger charge is 2.47. The van der Waals surface area contributed by atoms with Crippen molar-refractivity contribution in [2.45, 2.75) is 55.8 Å². The number of aromatic nitrogens is 3. The molecule has 5 heterocycles. The van der Waals surface area contributed by atoms with Gasteiger partial charge in [-0.2, -0.15) is 0 Å². The lowest BCUT2D eigenvalue weighted by molar-refractivity contribution is -0.0660. The Kier molecular flexibility index (Phi) is 4.52. The standard InChI is InChI=1S/C19H28N6O3/c20-16-12-1-9-25(17(12)23-11-22-16)18-15(27)14(26)13(28-18)2-8-24-10-5-19(24)3-6-21-7-4-19/h1,9,11,13-15,18,21,26-27H,2-8,10H2,(H2,20,22,23)/t13-,14-,15-,18-/m1/s1. The van der Waals surface area contributed by atoms with E-state index in [-0.39, 0.29) is 0 Å². The van der Waals surface area contributed by atoms with Gasteiger partial charge in [0.05, 0.1) is 11.5 Å². The van der Waals surface area contributed by atoms with Gasteiger partial charge in [-0.3, -0.25) is 4.90 Å². The van der Waals surface area contributed by atoms with Crippen LogP contribution in [-0.2, 0) is 4.74 Å². The Bertz CT molecular complexity index is 851. The molecule has 5 rings (SSSR count). The van der Waals surface area contributed by atoms with Crippen LogP contribution in [0.2, 0.25) is 0 Å². The third-order valence-corrected chi connectivity index (χ3v) is 6.89. The molecule has 1 spiro atoms. The number of likely N-dealkylation sites (tertiary alicyclic amines) is 1. The normalized spacial score (nSPS) is 32.8. The number of nitrogens with zero attached hydrogens (tertiary/aromatic N) is 4. The fourth-order valence-electron chi connectivity index (χ4n) is 5.07. The average Bonchev–Trinajstić information content (AvgIpc) is 3.25. The molecule has 0 saturated carbocycles. The predicted molar refractivity (Wildman–Crippen MR) is 104 cm³/mol. The van der Waals surface area contributed by atoms with Crippen molar-refractivity contribution in [2.24, 2.45) is 0 Å². The minimum Gasteiger partial charge on any atom is -0.388 e. The molecular weight excluding hydrogens is 360 g/mol. The highest BCUT2D eigenvalue weighted by atomic mass is 16.6. The minimum absolute atomic E-state index is 0.331. The summed E-state index contributed by atoms with van der Waals surface area (Å²) in [5.41, 5.74) is 6.83. The molecule has 9 nitrogen and oxygen atoms in total. The molecule has 2 aromatic rings. The second kappa shape index (κ2) is 6.93. The number of nitrogen functional groups attached to an aromatic ring is 1. The van der Waals surface area contributed by atoms with Crippen molar-refractivity contribution in [2.75, 3.05) is 31.9 Å². The van der Waals surface area contributed by atoms with Crippen molar-refractivity contribution in [3.8, 4) is 0 Å². The largest absolute Gasteiger partial charge is 0.388 e. The second-order valence-electron chi connectivity index (χ2n) is 8.27. The molecule has 28 heavy (non-hydrogen) atoms. The van der Waals surface area contributed by atoms with E-state index in [1.54, 1.807) is 16.8 Å². The molecule has 0 aromatic carbocycles. The van der Waals surface area contributed by atoms with E-state index < -0.39 is 24.5 Å². The molecule has 0 unspecified atom stereocenters. The first-order valence-electron chi connectivity index (χ1n) is 10.1. The first-order valence-corrected chi connectivity index (χ1v) is 10.1. The second-order valence-corrected chi connectivity index (χ2v) is 8.27. The third-order valence-electron chi connectivity index (χ3n) is 6.89. The molecule has 0 radical (unpaired) electrons. The monoisotopic (exact) mass is 388 g/mol. The lowest BCUT2D eigenvalue weighted by Gasteiger charge is -2.55. The number of rotatable bonds is 4. The molecule has 0 amide bonds. The van der Waals surface area contributed by atoms with Gasteiger partial charge in [0.1, 0.15) is 30.0 Å². The Labute approximate surface area is 163 Å². The highest BCUT2D eigenvalue weighted by Crippen LogP contribution is 2.39. The Morgan fingerprint density at radius 3 is 2.79 bits per heavy atom. The van der Waals surface area contributed by atoms with Gasteiger partial charge in [0.15, 0.2) is 6.23 Å². The number of fused-ring (bicyclic) bond motifs is 1. The minimum atomic E-state index is -1.01. The quantitative estimate of drug-likeness (QED) is 0.571. The number of hydrogen-bond acceptors (Lipinski definition) is 8. The number of hydrogen-bond donors (Lipinski definition) is 4. The lowest BCUT2D eigenvalue weighted by Crippen LogP contribution is -2.64. The number of piperidine rings is 1. The number of aliphatic hydroxyl groups excluding tert-OH is 2. The van der Waals surface area contributed by atoms with Crippen molar-refractivity contribution in [1.29, 1.82) is 0 Å². The molecule has 0 aliphatic carbocycles. The Morgan fingerprint density at radius 1 is 1.21 bits per heavy atom. The van der Waals surface area contributed by atoms with Crippen LogP contribution >= 0.6 is 0 Å². The first-order chi connectivity index (χ1) is 13.6. The van der Waals surface area contributed by atoms with Gasteiger partial charge in [-0.25, -0.2) is 9.97 Å². The summed E-state index contributed by atoms with van der Waals surface area (Å²) in [6, 6.07) is 1.81. The van der Waals surface area contributed by atoms with Crippen LogP contribution in [0.15, 0.2) is 18.6 Å². The van der Waals surface area contributed by atoms with Crippen LogP contribution in [0.1, 0.15) is 31.9 Å². The zero-order valence-electron chi connectivity index (χ0n) is 15.9. The molecule has 3 saturated heterocycles. The number of nitrogens with one attached hydrogen (secondary N) is 1. The van der Waals surface area contributed by atoms with Crippen LogP contribution in [0, 0.1) is 0 Å². The predicted octanol–water partition coefficient (Wildman–Crippen LogP) is -0.149. The van der Waals surface area contributed by atoms with Crippen molar-refractivity contribution in [3.63, 3.8) is 0 Å². The number of nitrogens with two attached hydrogens (primary N) is 1. The summed E-state index contributed by atoms with van der Waals surface area (Å²) in [5, 5.41) is 25.3. The average molecular weight is 388 g/mol. The maximum atomic E-state index is 10.6. The summed E-state index contributed by atoms with van der Waals surface area (Å²) in [4.78, 5) is 10.8. The molecular formula is C19H28N6O3. The summed E-state index contributed by atoms with van der Waals surface area (Å²) in [6.07, 6.45) is 4.46. The summed E-state index contributed by atoms with van der Waals surface area (Å²) in [6.45, 7) is 4.13. The van der Waals surface area contributed by atoms with Crippen LogP contribution in [-0.4, -0.2) is 79.7 Å². The summed E-state index contributed by atoms with van der Waals surface area (Å²) < 4.78 is 7.83. The van der Waals surface area contributed by atoms with Gasteiger partial charge in [0.2, 0.25) is 0 Å². The van der Waals surface area contributed by atoms with Crippen LogP contribution in [0.5, 0.6) is 0 Å². The van der Waals surface area contributed by atoms with Crippen molar-refractivity contribution in [1.82, 2.24) is 24.8 Å². The van der Waals surface area contributed by atoms with Gasteiger partial charge in [0, 0.05) is 24.8 Å². The van der Waals surface area contributed by atoms with Gasteiger partial charge in [0.25, 0.3) is 0 Å². The molecule has 152 valence electrons. The van der Waals surface area contributed by atoms with E-state index in [1.165, 1.54) is 25.6 Å². The molecule has 3 fully saturated rings. The van der Waals surface area contributed by atoms with E-state index in [1.807, 2.05) is 0 Å². The maximum absolute atomic E-state index is 10.6. The molecule has 3 aliphatic rings. The van der Waals surface area contributed by atoms with Gasteiger partial charge < -0.3 is 30.6 Å². The van der Waals surface area contributed by atoms with E-state index in [0.29, 0.717) is 28.8 Å². The van der Waals surface area contributed by atoms with E-state index >= 15 is 0 Å². The third kappa shape index (κ3) is 2.81. The fraction of sp³-hybridized carbons (Fsp3) is 0.684. The zero-order valence-corrected chi connectivity index (χ0v) is 15.9. The van der Waals surface area contributed by atoms with Crippen molar-refractivity contribution >= 4 is 16.9 Å². The summed E-state index contributed by atoms with van der Waals surface area (Å²) in [5.74, 6) is 0.387. The van der Waals surface area contributed by atoms with Crippen LogP contribution in [0.25, 0.3) is 11.0 Å². The van der Waals surface area contributed by atoms with Crippen molar-refractivity contribution in [3.05, 3.63) is 18.6 Å². The molecule has 2 aromatic heterocycles. The van der Waals surface area contributed by atoms with Crippen LogP contribution in [0.3, 0.4) is 0 Å². The fourth-order valence-corrected chi connectivity index (χ4v) is 5.07. The van der Waals surface area contributed by atoms with E-state index in [4.69, 9.17) is 10.5 Å². The highest BCUT2D eigenvalue weighted by molar-refractivity contribution is 5.86. The lowest BCUT2D eigenvalue weighted by atomic mass is 9.76. The van der Waals surface area contributed by atoms with Gasteiger partial charge in [-0.15, -0.1) is 0 Å². The SMILES string of the molecule is Nc1ncnc2c1ccn2[C@@H]1O[C@H](CCN2CCC23CCNCC3)[C@@H](O)[C@H]1O. The first kappa shape index (κ1) is 18.3. The van der Waals surface area contributed by atoms with Gasteiger partial charge in [-0.1, -0.05) is 0 Å². The molecule has 4 atom stereocenters.